The molecule has 2 aromatic heterocycles. The van der Waals surface area contributed by atoms with Crippen molar-refractivity contribution in [1.29, 1.82) is 5.41 Å². The lowest BCUT2D eigenvalue weighted by atomic mass is 9.97. The van der Waals surface area contributed by atoms with E-state index in [0.717, 1.165) is 28.7 Å². The van der Waals surface area contributed by atoms with E-state index < -0.39 is 0 Å². The quantitative estimate of drug-likeness (QED) is 0.724. The van der Waals surface area contributed by atoms with Crippen LogP contribution in [-0.4, -0.2) is 9.55 Å². The number of hydrogen-bond acceptors (Lipinski definition) is 4. The van der Waals surface area contributed by atoms with Gasteiger partial charge in [-0.2, -0.15) is 0 Å². The summed E-state index contributed by atoms with van der Waals surface area (Å²) in [5.74, 6) is 0.651. The van der Waals surface area contributed by atoms with Gasteiger partial charge in [0.05, 0.1) is 11.1 Å². The molecule has 0 unspecified atom stereocenters. The Balaban J connectivity index is 2.03. The van der Waals surface area contributed by atoms with Crippen molar-refractivity contribution in [3.8, 4) is 5.69 Å². The second kappa shape index (κ2) is 4.95. The normalized spacial score (nSPS) is 14.2. The molecule has 0 radical (unpaired) electrons. The zero-order valence-corrected chi connectivity index (χ0v) is 13.3. The lowest BCUT2D eigenvalue weighted by Gasteiger charge is -2.14. The number of anilines is 1. The van der Waals surface area contributed by atoms with Crippen molar-refractivity contribution in [2.45, 2.75) is 32.6 Å². The summed E-state index contributed by atoms with van der Waals surface area (Å²) in [4.78, 5) is 6.83. The van der Waals surface area contributed by atoms with Gasteiger partial charge in [0, 0.05) is 4.88 Å². The van der Waals surface area contributed by atoms with Gasteiger partial charge >= 0.3 is 0 Å². The number of fused-ring (bicyclic) bond motifs is 3. The fraction of sp³-hybridized carbons (Fsp3) is 0.294. The summed E-state index contributed by atoms with van der Waals surface area (Å²) in [7, 11) is 0. The third-order valence-electron chi connectivity index (χ3n) is 4.36. The number of nitrogens with zero attached hydrogens (tertiary/aromatic N) is 2. The van der Waals surface area contributed by atoms with Gasteiger partial charge in [0.2, 0.25) is 5.62 Å². The fourth-order valence-electron chi connectivity index (χ4n) is 3.22. The van der Waals surface area contributed by atoms with E-state index in [4.69, 9.17) is 11.1 Å². The van der Waals surface area contributed by atoms with E-state index in [9.17, 15) is 0 Å². The number of nitrogens with two attached hydrogens (primary N) is 1. The average molecular weight is 310 g/mol. The molecule has 4 rings (SSSR count). The molecule has 4 nitrogen and oxygen atoms in total. The SMILES string of the molecule is Cc1ccc(-n2c(N)c3c4c(sc3nc2=N)CCCC4)cc1. The van der Waals surface area contributed by atoms with Crippen LogP contribution in [0.2, 0.25) is 0 Å². The molecule has 0 amide bonds. The van der Waals surface area contributed by atoms with Crippen LogP contribution < -0.4 is 11.4 Å². The van der Waals surface area contributed by atoms with Crippen LogP contribution in [-0.2, 0) is 12.8 Å². The Morgan fingerprint density at radius 3 is 2.68 bits per heavy atom. The molecule has 0 fully saturated rings. The molecule has 0 atom stereocenters. The topological polar surface area (TPSA) is 67.7 Å². The Morgan fingerprint density at radius 2 is 1.91 bits per heavy atom. The molecule has 1 aliphatic carbocycles. The number of nitrogens with one attached hydrogen (secondary N) is 1. The van der Waals surface area contributed by atoms with Crippen molar-refractivity contribution in [1.82, 2.24) is 9.55 Å². The molecular formula is C17H18N4S. The van der Waals surface area contributed by atoms with Gasteiger partial charge in [-0.3, -0.25) is 9.98 Å². The molecule has 0 saturated carbocycles. The largest absolute Gasteiger partial charge is 0.384 e. The molecule has 0 spiro atoms. The first kappa shape index (κ1) is 13.5. The Morgan fingerprint density at radius 1 is 1.18 bits per heavy atom. The number of thiophene rings is 1. The number of aryl methyl sites for hydroxylation is 3. The van der Waals surface area contributed by atoms with Crippen molar-refractivity contribution in [2.24, 2.45) is 0 Å². The predicted molar refractivity (Wildman–Crippen MR) is 90.6 cm³/mol. The molecule has 112 valence electrons. The van der Waals surface area contributed by atoms with Crippen LogP contribution in [0.1, 0.15) is 28.8 Å². The van der Waals surface area contributed by atoms with E-state index >= 15 is 0 Å². The standard InChI is InChI=1S/C17H18N4S/c1-10-6-8-11(9-7-10)21-15(18)14-12-4-2-3-5-13(12)22-16(14)20-17(21)19/h6-9,19H,2-5,18H2,1H3. The molecule has 0 saturated heterocycles. The maximum Gasteiger partial charge on any atom is 0.229 e. The van der Waals surface area contributed by atoms with Crippen molar-refractivity contribution >= 4 is 27.4 Å². The highest BCUT2D eigenvalue weighted by Crippen LogP contribution is 2.37. The molecule has 0 aliphatic heterocycles. The summed E-state index contributed by atoms with van der Waals surface area (Å²) in [5, 5.41) is 9.34. The summed E-state index contributed by atoms with van der Waals surface area (Å²) in [6, 6.07) is 8.06. The van der Waals surface area contributed by atoms with Gasteiger partial charge in [0.15, 0.2) is 0 Å². The Labute approximate surface area is 132 Å². The van der Waals surface area contributed by atoms with Gasteiger partial charge in [-0.25, -0.2) is 4.98 Å². The van der Waals surface area contributed by atoms with E-state index in [-0.39, 0.29) is 5.62 Å². The number of nitrogen functional groups attached to an aromatic ring is 1. The van der Waals surface area contributed by atoms with E-state index in [0.29, 0.717) is 5.82 Å². The Hall–Kier alpha value is -2.14. The van der Waals surface area contributed by atoms with Crippen LogP contribution in [0.4, 0.5) is 5.82 Å². The summed E-state index contributed by atoms with van der Waals surface area (Å²) in [6.45, 7) is 2.05. The van der Waals surface area contributed by atoms with Crippen molar-refractivity contribution in [2.75, 3.05) is 5.73 Å². The molecule has 3 N–H and O–H groups in total. The van der Waals surface area contributed by atoms with Crippen LogP contribution >= 0.6 is 11.3 Å². The van der Waals surface area contributed by atoms with Gasteiger partial charge in [0.1, 0.15) is 10.6 Å². The van der Waals surface area contributed by atoms with E-state index in [1.165, 1.54) is 28.8 Å². The highest BCUT2D eigenvalue weighted by molar-refractivity contribution is 7.19. The Bertz CT molecular complexity index is 918. The van der Waals surface area contributed by atoms with Crippen molar-refractivity contribution in [3.63, 3.8) is 0 Å². The van der Waals surface area contributed by atoms with Gasteiger partial charge in [-0.05, 0) is 50.3 Å². The van der Waals surface area contributed by atoms with Gasteiger partial charge in [-0.15, -0.1) is 11.3 Å². The lowest BCUT2D eigenvalue weighted by Crippen LogP contribution is -2.24. The number of benzene rings is 1. The van der Waals surface area contributed by atoms with Gasteiger partial charge in [-0.1, -0.05) is 17.7 Å². The third kappa shape index (κ3) is 1.96. The van der Waals surface area contributed by atoms with Crippen LogP contribution in [0.25, 0.3) is 15.9 Å². The highest BCUT2D eigenvalue weighted by Gasteiger charge is 2.20. The predicted octanol–water partition coefficient (Wildman–Crippen LogP) is 3.34. The molecule has 3 aromatic rings. The minimum absolute atomic E-state index is 0.201. The molecule has 22 heavy (non-hydrogen) atoms. The van der Waals surface area contributed by atoms with E-state index in [1.807, 2.05) is 24.3 Å². The first-order valence-electron chi connectivity index (χ1n) is 7.59. The summed E-state index contributed by atoms with van der Waals surface area (Å²) < 4.78 is 1.75. The molecule has 5 heteroatoms. The first-order valence-corrected chi connectivity index (χ1v) is 8.41. The van der Waals surface area contributed by atoms with Crippen LogP contribution in [0, 0.1) is 12.3 Å². The molecule has 1 aliphatic rings. The van der Waals surface area contributed by atoms with Crippen LogP contribution in [0.3, 0.4) is 0 Å². The molecule has 2 heterocycles. The summed E-state index contributed by atoms with van der Waals surface area (Å²) in [5.41, 5.74) is 10.1. The third-order valence-corrected chi connectivity index (χ3v) is 5.55. The van der Waals surface area contributed by atoms with Crippen LogP contribution in [0.15, 0.2) is 24.3 Å². The second-order valence-corrected chi connectivity index (χ2v) is 6.97. The van der Waals surface area contributed by atoms with E-state index in [2.05, 4.69) is 11.9 Å². The van der Waals surface area contributed by atoms with Crippen molar-refractivity contribution in [3.05, 3.63) is 45.9 Å². The number of hydrogen-bond donors (Lipinski definition) is 2. The summed E-state index contributed by atoms with van der Waals surface area (Å²) in [6.07, 6.45) is 4.65. The molecular weight excluding hydrogens is 292 g/mol. The number of aromatic nitrogens is 2. The summed E-state index contributed by atoms with van der Waals surface area (Å²) >= 11 is 1.71. The maximum absolute atomic E-state index is 8.27. The maximum atomic E-state index is 8.27. The number of rotatable bonds is 1. The zero-order valence-electron chi connectivity index (χ0n) is 12.5. The van der Waals surface area contributed by atoms with Crippen LogP contribution in [0.5, 0.6) is 0 Å². The Kier molecular flexibility index (Phi) is 3.04. The van der Waals surface area contributed by atoms with Gasteiger partial charge < -0.3 is 5.73 Å². The van der Waals surface area contributed by atoms with E-state index in [1.54, 1.807) is 15.9 Å². The minimum atomic E-state index is 0.201. The van der Waals surface area contributed by atoms with Crippen molar-refractivity contribution < 1.29 is 0 Å². The fourth-order valence-corrected chi connectivity index (χ4v) is 4.49. The highest BCUT2D eigenvalue weighted by atomic mass is 32.1. The zero-order chi connectivity index (χ0) is 15.3. The molecule has 1 aromatic carbocycles. The first-order chi connectivity index (χ1) is 10.6. The average Bonchev–Trinajstić information content (AvgIpc) is 2.87. The smallest absolute Gasteiger partial charge is 0.229 e. The second-order valence-electron chi connectivity index (χ2n) is 5.88. The minimum Gasteiger partial charge on any atom is -0.384 e. The molecule has 0 bridgehead atoms. The van der Waals surface area contributed by atoms with Gasteiger partial charge in [0.25, 0.3) is 0 Å². The monoisotopic (exact) mass is 310 g/mol. The lowest BCUT2D eigenvalue weighted by molar-refractivity contribution is 0.700.